The molecule has 20 heavy (non-hydrogen) atoms. The zero-order chi connectivity index (χ0) is 13.8. The van der Waals surface area contributed by atoms with Gasteiger partial charge in [-0.1, -0.05) is 12.8 Å². The van der Waals surface area contributed by atoms with Gasteiger partial charge < -0.3 is 15.1 Å². The Kier molecular flexibility index (Phi) is 4.94. The Balaban J connectivity index is 1.37. The first-order valence-electron chi connectivity index (χ1n) is 8.58. The molecule has 0 aromatic carbocycles. The molecule has 4 heteroatoms. The van der Waals surface area contributed by atoms with E-state index in [1.807, 2.05) is 0 Å². The molecule has 0 spiro atoms. The van der Waals surface area contributed by atoms with Crippen molar-refractivity contribution in [3.8, 4) is 0 Å². The Labute approximate surface area is 122 Å². The summed E-state index contributed by atoms with van der Waals surface area (Å²) in [5.74, 6) is 0.316. The van der Waals surface area contributed by atoms with E-state index in [4.69, 9.17) is 0 Å². The molecule has 0 aromatic heterocycles. The van der Waals surface area contributed by atoms with E-state index in [0.29, 0.717) is 18.5 Å². The topological polar surface area (TPSA) is 35.6 Å². The first kappa shape index (κ1) is 14.3. The predicted molar refractivity (Wildman–Crippen MR) is 80.7 cm³/mol. The van der Waals surface area contributed by atoms with E-state index in [2.05, 4.69) is 15.1 Å². The number of carbonyl (C=O) groups excluding carboxylic acids is 1. The Bertz CT molecular complexity index is 314. The van der Waals surface area contributed by atoms with E-state index < -0.39 is 0 Å². The molecular formula is C16H29N3O. The lowest BCUT2D eigenvalue weighted by Crippen LogP contribution is -2.48. The van der Waals surface area contributed by atoms with Crippen molar-refractivity contribution in [2.75, 3.05) is 32.7 Å². The van der Waals surface area contributed by atoms with E-state index >= 15 is 0 Å². The molecule has 0 unspecified atom stereocenters. The van der Waals surface area contributed by atoms with Gasteiger partial charge in [0.1, 0.15) is 0 Å². The van der Waals surface area contributed by atoms with Crippen LogP contribution in [0, 0.1) is 0 Å². The van der Waals surface area contributed by atoms with Crippen molar-refractivity contribution < 1.29 is 4.79 Å². The van der Waals surface area contributed by atoms with Crippen molar-refractivity contribution in [3.05, 3.63) is 0 Å². The van der Waals surface area contributed by atoms with Crippen LogP contribution in [0.4, 0.5) is 0 Å². The lowest BCUT2D eigenvalue weighted by atomic mass is 10.0. The molecule has 1 aliphatic carbocycles. The van der Waals surface area contributed by atoms with Crippen molar-refractivity contribution in [1.29, 1.82) is 0 Å². The van der Waals surface area contributed by atoms with Crippen LogP contribution >= 0.6 is 0 Å². The Morgan fingerprint density at radius 1 is 0.900 bits per heavy atom. The van der Waals surface area contributed by atoms with Gasteiger partial charge >= 0.3 is 0 Å². The van der Waals surface area contributed by atoms with Gasteiger partial charge in [0, 0.05) is 25.2 Å². The summed E-state index contributed by atoms with van der Waals surface area (Å²) < 4.78 is 0. The number of hydrogen-bond acceptors (Lipinski definition) is 3. The maximum atomic E-state index is 12.2. The number of carbonyl (C=O) groups is 1. The van der Waals surface area contributed by atoms with Crippen LogP contribution in [0.15, 0.2) is 0 Å². The summed E-state index contributed by atoms with van der Waals surface area (Å²) in [6.07, 6.45) is 10.2. The third-order valence-corrected chi connectivity index (χ3v) is 5.37. The van der Waals surface area contributed by atoms with Crippen LogP contribution in [0.5, 0.6) is 0 Å². The quantitative estimate of drug-likeness (QED) is 0.849. The fourth-order valence-electron chi connectivity index (χ4n) is 4.06. The molecule has 0 aromatic rings. The molecule has 4 nitrogen and oxygen atoms in total. The zero-order valence-electron chi connectivity index (χ0n) is 12.6. The fraction of sp³-hybridized carbons (Fsp3) is 0.938. The van der Waals surface area contributed by atoms with Gasteiger partial charge in [0.25, 0.3) is 0 Å². The minimum atomic E-state index is 0.316. The summed E-state index contributed by atoms with van der Waals surface area (Å²) >= 11 is 0. The highest BCUT2D eigenvalue weighted by Crippen LogP contribution is 2.21. The van der Waals surface area contributed by atoms with Crippen LogP contribution in [0.1, 0.15) is 51.4 Å². The number of piperidine rings is 1. The van der Waals surface area contributed by atoms with Crippen LogP contribution in [0.3, 0.4) is 0 Å². The molecule has 3 rings (SSSR count). The second-order valence-corrected chi connectivity index (χ2v) is 6.72. The van der Waals surface area contributed by atoms with Gasteiger partial charge in [-0.15, -0.1) is 0 Å². The summed E-state index contributed by atoms with van der Waals surface area (Å²) in [6, 6.07) is 1.34. The number of rotatable bonds is 4. The normalized spacial score (nSPS) is 26.5. The summed E-state index contributed by atoms with van der Waals surface area (Å²) in [5, 5.41) is 3.44. The maximum absolute atomic E-state index is 12.2. The summed E-state index contributed by atoms with van der Waals surface area (Å²) in [6.45, 7) is 5.04. The maximum Gasteiger partial charge on any atom is 0.236 e. The standard InChI is InChI=1S/C16H29N3O/c20-16(13-17-14-5-1-2-6-14)19-11-7-15(8-12-19)18-9-3-4-10-18/h14-15,17H,1-13H2. The predicted octanol–water partition coefficient (Wildman–Crippen LogP) is 1.61. The molecule has 0 atom stereocenters. The first-order chi connectivity index (χ1) is 9.83. The van der Waals surface area contributed by atoms with Gasteiger partial charge in [-0.25, -0.2) is 0 Å². The number of hydrogen-bond donors (Lipinski definition) is 1. The molecule has 3 aliphatic rings. The van der Waals surface area contributed by atoms with Crippen LogP contribution in [-0.2, 0) is 4.79 Å². The number of nitrogens with zero attached hydrogens (tertiary/aromatic N) is 2. The number of nitrogens with one attached hydrogen (secondary N) is 1. The van der Waals surface area contributed by atoms with Crippen LogP contribution in [-0.4, -0.2) is 60.5 Å². The molecule has 1 amide bonds. The monoisotopic (exact) mass is 279 g/mol. The lowest BCUT2D eigenvalue weighted by molar-refractivity contribution is -0.131. The van der Waals surface area contributed by atoms with Crippen LogP contribution in [0.2, 0.25) is 0 Å². The third kappa shape index (κ3) is 3.53. The molecule has 1 saturated carbocycles. The molecule has 2 aliphatic heterocycles. The average Bonchev–Trinajstić information content (AvgIpc) is 3.18. The largest absolute Gasteiger partial charge is 0.341 e. The van der Waals surface area contributed by atoms with Gasteiger partial charge in [-0.3, -0.25) is 4.79 Å². The zero-order valence-corrected chi connectivity index (χ0v) is 12.6. The molecule has 1 N–H and O–H groups in total. The van der Waals surface area contributed by atoms with Gasteiger partial charge in [-0.05, 0) is 51.6 Å². The summed E-state index contributed by atoms with van der Waals surface area (Å²) in [5.41, 5.74) is 0. The van der Waals surface area contributed by atoms with Gasteiger partial charge in [0.05, 0.1) is 6.54 Å². The van der Waals surface area contributed by atoms with Gasteiger partial charge in [0.15, 0.2) is 0 Å². The Morgan fingerprint density at radius 3 is 2.20 bits per heavy atom. The van der Waals surface area contributed by atoms with Crippen LogP contribution < -0.4 is 5.32 Å². The van der Waals surface area contributed by atoms with Crippen molar-refractivity contribution in [1.82, 2.24) is 15.1 Å². The van der Waals surface area contributed by atoms with E-state index in [1.165, 1.54) is 64.5 Å². The highest BCUT2D eigenvalue weighted by molar-refractivity contribution is 5.78. The minimum absolute atomic E-state index is 0.316. The lowest BCUT2D eigenvalue weighted by Gasteiger charge is -2.36. The highest BCUT2D eigenvalue weighted by atomic mass is 16.2. The first-order valence-corrected chi connectivity index (χ1v) is 8.58. The number of amides is 1. The van der Waals surface area contributed by atoms with Crippen molar-refractivity contribution in [3.63, 3.8) is 0 Å². The molecule has 0 bridgehead atoms. The fourth-order valence-corrected chi connectivity index (χ4v) is 4.06. The average molecular weight is 279 g/mol. The van der Waals surface area contributed by atoms with Crippen LogP contribution in [0.25, 0.3) is 0 Å². The SMILES string of the molecule is O=C(CNC1CCCC1)N1CCC(N2CCCC2)CC1. The number of likely N-dealkylation sites (tertiary alicyclic amines) is 2. The smallest absolute Gasteiger partial charge is 0.236 e. The summed E-state index contributed by atoms with van der Waals surface area (Å²) in [4.78, 5) is 16.9. The van der Waals surface area contributed by atoms with Gasteiger partial charge in [0.2, 0.25) is 5.91 Å². The van der Waals surface area contributed by atoms with Gasteiger partial charge in [-0.2, -0.15) is 0 Å². The van der Waals surface area contributed by atoms with Crippen molar-refractivity contribution in [2.45, 2.75) is 63.5 Å². The second kappa shape index (κ2) is 6.90. The molecule has 114 valence electrons. The second-order valence-electron chi connectivity index (χ2n) is 6.72. The third-order valence-electron chi connectivity index (χ3n) is 5.37. The molecule has 2 saturated heterocycles. The summed E-state index contributed by atoms with van der Waals surface area (Å²) in [7, 11) is 0. The van der Waals surface area contributed by atoms with E-state index in [9.17, 15) is 4.79 Å². The Morgan fingerprint density at radius 2 is 1.55 bits per heavy atom. The molecule has 2 heterocycles. The Hall–Kier alpha value is -0.610. The highest BCUT2D eigenvalue weighted by Gasteiger charge is 2.28. The van der Waals surface area contributed by atoms with E-state index in [0.717, 1.165) is 19.1 Å². The molecule has 0 radical (unpaired) electrons. The molecule has 3 fully saturated rings. The van der Waals surface area contributed by atoms with E-state index in [-0.39, 0.29) is 0 Å². The molecular weight excluding hydrogens is 250 g/mol. The minimum Gasteiger partial charge on any atom is -0.341 e. The van der Waals surface area contributed by atoms with Crippen molar-refractivity contribution >= 4 is 5.91 Å². The van der Waals surface area contributed by atoms with Crippen molar-refractivity contribution in [2.24, 2.45) is 0 Å². The van der Waals surface area contributed by atoms with E-state index in [1.54, 1.807) is 0 Å².